The van der Waals surface area contributed by atoms with Crippen LogP contribution in [0.2, 0.25) is 0 Å². The summed E-state index contributed by atoms with van der Waals surface area (Å²) < 4.78 is 5.66. The third-order valence-electron chi connectivity index (χ3n) is 4.16. The molecule has 2 rings (SSSR count). The first-order valence-electron chi connectivity index (χ1n) is 7.46. The molecule has 3 unspecified atom stereocenters. The van der Waals surface area contributed by atoms with E-state index in [-0.39, 0.29) is 18.1 Å². The Balaban J connectivity index is 1.75. The van der Waals surface area contributed by atoms with E-state index in [1.54, 1.807) is 0 Å². The van der Waals surface area contributed by atoms with Gasteiger partial charge in [-0.05, 0) is 32.2 Å². The van der Waals surface area contributed by atoms with Gasteiger partial charge in [0.05, 0.1) is 6.10 Å². The van der Waals surface area contributed by atoms with Gasteiger partial charge in [-0.3, -0.25) is 9.69 Å². The number of hydrogen-bond donors (Lipinski definition) is 1. The van der Waals surface area contributed by atoms with Gasteiger partial charge in [0.1, 0.15) is 6.10 Å². The number of ether oxygens (including phenoxy) is 1. The fourth-order valence-electron chi connectivity index (χ4n) is 2.85. The van der Waals surface area contributed by atoms with Crippen molar-refractivity contribution in [1.29, 1.82) is 0 Å². The first-order chi connectivity index (χ1) is 9.10. The molecule has 2 N–H and O–H groups in total. The highest BCUT2D eigenvalue weighted by atomic mass is 16.5. The third kappa shape index (κ3) is 3.91. The fourth-order valence-corrected chi connectivity index (χ4v) is 2.85. The molecule has 5 heteroatoms. The second kappa shape index (κ2) is 6.68. The highest BCUT2D eigenvalue weighted by Gasteiger charge is 2.32. The van der Waals surface area contributed by atoms with E-state index in [1.165, 1.54) is 0 Å². The number of rotatable bonds is 4. The largest absolute Gasteiger partial charge is 0.365 e. The molecule has 2 heterocycles. The van der Waals surface area contributed by atoms with E-state index in [0.717, 1.165) is 52.1 Å². The van der Waals surface area contributed by atoms with Gasteiger partial charge in [0.15, 0.2) is 0 Å². The van der Waals surface area contributed by atoms with E-state index in [4.69, 9.17) is 10.5 Å². The average molecular weight is 269 g/mol. The van der Waals surface area contributed by atoms with E-state index in [9.17, 15) is 4.79 Å². The summed E-state index contributed by atoms with van der Waals surface area (Å²) in [5.41, 5.74) is 5.65. The number of carbonyl (C=O) groups excluding carboxylic acids is 1. The summed E-state index contributed by atoms with van der Waals surface area (Å²) >= 11 is 0. The molecule has 2 fully saturated rings. The third-order valence-corrected chi connectivity index (χ3v) is 4.16. The topological polar surface area (TPSA) is 58.8 Å². The van der Waals surface area contributed by atoms with Crippen molar-refractivity contribution in [1.82, 2.24) is 9.80 Å². The van der Waals surface area contributed by atoms with Crippen molar-refractivity contribution in [3.05, 3.63) is 0 Å². The van der Waals surface area contributed by atoms with Crippen LogP contribution in [-0.2, 0) is 9.53 Å². The molecular weight excluding hydrogens is 242 g/mol. The summed E-state index contributed by atoms with van der Waals surface area (Å²) in [7, 11) is 0. The van der Waals surface area contributed by atoms with E-state index < -0.39 is 0 Å². The molecule has 0 aromatic carbocycles. The zero-order chi connectivity index (χ0) is 13.8. The van der Waals surface area contributed by atoms with E-state index >= 15 is 0 Å². The zero-order valence-electron chi connectivity index (χ0n) is 12.2. The van der Waals surface area contributed by atoms with Gasteiger partial charge in [-0.2, -0.15) is 0 Å². The van der Waals surface area contributed by atoms with Gasteiger partial charge in [0.25, 0.3) is 5.91 Å². The summed E-state index contributed by atoms with van der Waals surface area (Å²) in [6, 6.07) is 0. The van der Waals surface area contributed by atoms with Gasteiger partial charge in [-0.15, -0.1) is 0 Å². The number of hydrogen-bond acceptors (Lipinski definition) is 4. The van der Waals surface area contributed by atoms with Crippen molar-refractivity contribution < 1.29 is 9.53 Å². The van der Waals surface area contributed by atoms with Gasteiger partial charge < -0.3 is 15.4 Å². The molecule has 2 aliphatic rings. The maximum atomic E-state index is 12.3. The minimum absolute atomic E-state index is 0.190. The van der Waals surface area contributed by atoms with Gasteiger partial charge in [0, 0.05) is 32.7 Å². The van der Waals surface area contributed by atoms with Crippen LogP contribution in [0.5, 0.6) is 0 Å². The van der Waals surface area contributed by atoms with Crippen molar-refractivity contribution in [2.75, 3.05) is 39.3 Å². The quantitative estimate of drug-likeness (QED) is 0.797. The number of nitrogens with zero attached hydrogens (tertiary/aromatic N) is 2. The molecule has 2 aliphatic heterocycles. The second-order valence-electron chi connectivity index (χ2n) is 5.98. The van der Waals surface area contributed by atoms with E-state index in [2.05, 4.69) is 11.8 Å². The van der Waals surface area contributed by atoms with Crippen molar-refractivity contribution in [2.45, 2.75) is 38.9 Å². The molecule has 0 radical (unpaired) electrons. The van der Waals surface area contributed by atoms with Crippen LogP contribution in [0, 0.1) is 5.92 Å². The predicted molar refractivity (Wildman–Crippen MR) is 74.8 cm³/mol. The first-order valence-corrected chi connectivity index (χ1v) is 7.46. The molecule has 5 nitrogen and oxygen atoms in total. The van der Waals surface area contributed by atoms with Crippen LogP contribution in [0.4, 0.5) is 0 Å². The Labute approximate surface area is 116 Å². The lowest BCUT2D eigenvalue weighted by atomic mass is 10.1. The number of nitrogens with two attached hydrogens (primary N) is 1. The normalized spacial score (nSPS) is 30.6. The smallest absolute Gasteiger partial charge is 0.251 e. The highest BCUT2D eigenvalue weighted by Crippen LogP contribution is 2.21. The maximum Gasteiger partial charge on any atom is 0.251 e. The Morgan fingerprint density at radius 3 is 2.53 bits per heavy atom. The van der Waals surface area contributed by atoms with Gasteiger partial charge >= 0.3 is 0 Å². The predicted octanol–water partition coefficient (Wildman–Crippen LogP) is 0.293. The molecule has 0 aromatic heterocycles. The van der Waals surface area contributed by atoms with Crippen LogP contribution in [-0.4, -0.2) is 67.2 Å². The van der Waals surface area contributed by atoms with E-state index in [1.807, 2.05) is 11.8 Å². The summed E-state index contributed by atoms with van der Waals surface area (Å²) in [6.45, 7) is 9.54. The maximum absolute atomic E-state index is 12.3. The molecule has 110 valence electrons. The van der Waals surface area contributed by atoms with Gasteiger partial charge in [0.2, 0.25) is 0 Å². The van der Waals surface area contributed by atoms with Crippen LogP contribution in [0.3, 0.4) is 0 Å². The van der Waals surface area contributed by atoms with Crippen LogP contribution in [0.15, 0.2) is 0 Å². The lowest BCUT2D eigenvalue weighted by Crippen LogP contribution is -2.52. The number of piperazine rings is 1. The number of carbonyl (C=O) groups is 1. The minimum atomic E-state index is -0.190. The lowest BCUT2D eigenvalue weighted by molar-refractivity contribution is -0.144. The minimum Gasteiger partial charge on any atom is -0.365 e. The Morgan fingerprint density at radius 1 is 1.32 bits per heavy atom. The average Bonchev–Trinajstić information content (AvgIpc) is 2.85. The molecular formula is C14H27N3O2. The fraction of sp³-hybridized carbons (Fsp3) is 0.929. The van der Waals surface area contributed by atoms with Gasteiger partial charge in [-0.1, -0.05) is 6.92 Å². The molecule has 0 bridgehead atoms. The molecule has 19 heavy (non-hydrogen) atoms. The summed E-state index contributed by atoms with van der Waals surface area (Å²) in [6.07, 6.45) is 1.93. The molecule has 0 aromatic rings. The van der Waals surface area contributed by atoms with Crippen LogP contribution >= 0.6 is 0 Å². The van der Waals surface area contributed by atoms with Crippen molar-refractivity contribution >= 4 is 5.91 Å². The van der Waals surface area contributed by atoms with Crippen molar-refractivity contribution in [2.24, 2.45) is 11.7 Å². The Morgan fingerprint density at radius 2 is 2.00 bits per heavy atom. The van der Waals surface area contributed by atoms with Crippen molar-refractivity contribution in [3.63, 3.8) is 0 Å². The Bertz CT molecular complexity index is 303. The van der Waals surface area contributed by atoms with Crippen LogP contribution in [0.1, 0.15) is 26.7 Å². The summed E-state index contributed by atoms with van der Waals surface area (Å²) in [4.78, 5) is 16.7. The van der Waals surface area contributed by atoms with Gasteiger partial charge in [-0.25, -0.2) is 0 Å². The lowest BCUT2D eigenvalue weighted by Gasteiger charge is -2.36. The Kier molecular flexibility index (Phi) is 5.19. The number of amides is 1. The molecule has 0 aliphatic carbocycles. The Hall–Kier alpha value is -0.650. The first kappa shape index (κ1) is 14.8. The monoisotopic (exact) mass is 269 g/mol. The SMILES string of the molecule is CC(CN)CN1CCN(C(=O)C2CCC(C)O2)CC1. The van der Waals surface area contributed by atoms with Crippen molar-refractivity contribution in [3.8, 4) is 0 Å². The standard InChI is InChI=1S/C14H27N3O2/c1-11(9-15)10-16-5-7-17(8-6-16)14(18)13-4-3-12(2)19-13/h11-13H,3-10,15H2,1-2H3. The molecule has 0 spiro atoms. The summed E-state index contributed by atoms with van der Waals surface area (Å²) in [5, 5.41) is 0. The second-order valence-corrected chi connectivity index (χ2v) is 5.98. The molecule has 0 saturated carbocycles. The molecule has 2 saturated heterocycles. The van der Waals surface area contributed by atoms with Crippen LogP contribution < -0.4 is 5.73 Å². The van der Waals surface area contributed by atoms with E-state index in [0.29, 0.717) is 5.92 Å². The van der Waals surface area contributed by atoms with Crippen LogP contribution in [0.25, 0.3) is 0 Å². The summed E-state index contributed by atoms with van der Waals surface area (Å²) in [5.74, 6) is 0.720. The highest BCUT2D eigenvalue weighted by molar-refractivity contribution is 5.81. The zero-order valence-corrected chi connectivity index (χ0v) is 12.2. The molecule has 3 atom stereocenters. The molecule has 1 amide bonds.